The van der Waals surface area contributed by atoms with Gasteiger partial charge in [0.1, 0.15) is 17.2 Å². The Hall–Kier alpha value is -7.17. The molecule has 45 heavy (non-hydrogen) atoms. The third-order valence-electron chi connectivity index (χ3n) is 5.29. The molecule has 3 N–H and O–H groups in total. The summed E-state index contributed by atoms with van der Waals surface area (Å²) in [7, 11) is 0. The molecule has 0 aliphatic carbocycles. The van der Waals surface area contributed by atoms with Crippen LogP contribution in [0.3, 0.4) is 0 Å². The molecule has 0 aromatic heterocycles. The zero-order valence-corrected chi connectivity index (χ0v) is 22.7. The van der Waals surface area contributed by atoms with Gasteiger partial charge in [0, 0.05) is 35.3 Å². The molecule has 0 unspecified atom stereocenters. The summed E-state index contributed by atoms with van der Waals surface area (Å²) in [5.74, 6) is -0.605. The van der Waals surface area contributed by atoms with Crippen molar-refractivity contribution in [3.8, 4) is 17.2 Å². The highest BCUT2D eigenvalue weighted by molar-refractivity contribution is 5.89. The monoisotopic (exact) mass is 606 g/mol. The van der Waals surface area contributed by atoms with Crippen LogP contribution in [0.1, 0.15) is 0 Å². The lowest BCUT2D eigenvalue weighted by Gasteiger charge is -2.12. The van der Waals surface area contributed by atoms with Gasteiger partial charge in [0.25, 0.3) is 0 Å². The number of benzene rings is 4. The first-order chi connectivity index (χ1) is 21.8. The van der Waals surface area contributed by atoms with Crippen LogP contribution in [0.15, 0.2) is 106 Å². The van der Waals surface area contributed by atoms with Gasteiger partial charge < -0.3 is 14.2 Å². The van der Waals surface area contributed by atoms with E-state index in [0.29, 0.717) is 0 Å². The molecule has 4 aromatic carbocycles. The Labute approximate surface area is 252 Å². The first-order valence-electron chi connectivity index (χ1n) is 12.5. The van der Waals surface area contributed by atoms with Crippen molar-refractivity contribution in [1.29, 1.82) is 0 Å². The third kappa shape index (κ3) is 9.71. The molecule has 4 aromatic rings. The number of carbonyl (C=O) groups excluding carboxylic acids is 6. The molecule has 3 amide bonds. The minimum Gasteiger partial charge on any atom is -0.410 e. The second-order valence-corrected chi connectivity index (χ2v) is 8.44. The standard InChI is InChI=1S/C30H18N6O9/c37-16-31-19-4-1-7-22(10-19)34-28(40)43-25-13-26(44-29(41)35-23-8-2-5-20(11-23)32-17-38)15-27(14-25)45-30(42)36-24-9-3-6-21(12-24)33-18-39/h1-15H,(H,34,40)(H,35,41)(H,36,42). The molecular formula is C30H18N6O9. The Morgan fingerprint density at radius 3 is 1.02 bits per heavy atom. The van der Waals surface area contributed by atoms with Crippen LogP contribution >= 0.6 is 0 Å². The average Bonchev–Trinajstić information content (AvgIpc) is 2.98. The van der Waals surface area contributed by atoms with Crippen LogP contribution in [-0.2, 0) is 14.4 Å². The van der Waals surface area contributed by atoms with Gasteiger partial charge in [-0.2, -0.15) is 15.0 Å². The van der Waals surface area contributed by atoms with Gasteiger partial charge in [-0.15, -0.1) is 0 Å². The molecule has 222 valence electrons. The molecule has 0 aliphatic rings. The summed E-state index contributed by atoms with van der Waals surface area (Å²) in [6.45, 7) is 0. The lowest BCUT2D eigenvalue weighted by Crippen LogP contribution is -2.19. The number of rotatable bonds is 9. The molecule has 0 atom stereocenters. The van der Waals surface area contributed by atoms with Gasteiger partial charge in [0.05, 0.1) is 17.1 Å². The fraction of sp³-hybridized carbons (Fsp3) is 0. The van der Waals surface area contributed by atoms with Crippen LogP contribution in [0.2, 0.25) is 0 Å². The fourth-order valence-corrected chi connectivity index (χ4v) is 3.59. The average molecular weight is 607 g/mol. The summed E-state index contributed by atoms with van der Waals surface area (Å²) in [6, 6.07) is 21.4. The summed E-state index contributed by atoms with van der Waals surface area (Å²) < 4.78 is 15.9. The molecule has 0 spiro atoms. The van der Waals surface area contributed by atoms with Crippen LogP contribution in [0.5, 0.6) is 17.2 Å². The summed E-state index contributed by atoms with van der Waals surface area (Å²) in [5, 5.41) is 7.33. The van der Waals surface area contributed by atoms with Crippen LogP contribution in [-0.4, -0.2) is 36.5 Å². The molecule has 0 heterocycles. The lowest BCUT2D eigenvalue weighted by molar-refractivity contribution is 0.212. The second kappa shape index (κ2) is 15.2. The Bertz CT molecular complexity index is 1680. The Morgan fingerprint density at radius 2 is 0.756 bits per heavy atom. The maximum Gasteiger partial charge on any atom is 0.417 e. The van der Waals surface area contributed by atoms with Gasteiger partial charge in [-0.1, -0.05) is 18.2 Å². The number of isocyanates is 3. The third-order valence-corrected chi connectivity index (χ3v) is 5.29. The predicted molar refractivity (Wildman–Crippen MR) is 158 cm³/mol. The van der Waals surface area contributed by atoms with Crippen LogP contribution in [0.4, 0.5) is 48.5 Å². The Morgan fingerprint density at radius 1 is 0.467 bits per heavy atom. The largest absolute Gasteiger partial charge is 0.417 e. The molecule has 0 radical (unpaired) electrons. The normalized spacial score (nSPS) is 9.60. The van der Waals surface area contributed by atoms with Gasteiger partial charge in [0.15, 0.2) is 0 Å². The first-order valence-corrected chi connectivity index (χ1v) is 12.5. The van der Waals surface area contributed by atoms with Gasteiger partial charge >= 0.3 is 18.3 Å². The van der Waals surface area contributed by atoms with E-state index in [1.807, 2.05) is 0 Å². The number of nitrogens with one attached hydrogen (secondary N) is 3. The van der Waals surface area contributed by atoms with Crippen molar-refractivity contribution in [3.63, 3.8) is 0 Å². The van der Waals surface area contributed by atoms with Crippen molar-refractivity contribution in [2.24, 2.45) is 15.0 Å². The number of amides is 3. The van der Waals surface area contributed by atoms with E-state index < -0.39 is 18.3 Å². The number of ether oxygens (including phenoxy) is 3. The maximum absolute atomic E-state index is 12.6. The highest BCUT2D eigenvalue weighted by Crippen LogP contribution is 2.30. The van der Waals surface area contributed by atoms with Crippen molar-refractivity contribution >= 4 is 70.6 Å². The Kier molecular flexibility index (Phi) is 10.4. The van der Waals surface area contributed by atoms with Crippen LogP contribution in [0, 0.1) is 0 Å². The molecule has 15 nitrogen and oxygen atoms in total. The summed E-state index contributed by atoms with van der Waals surface area (Å²) >= 11 is 0. The second-order valence-electron chi connectivity index (χ2n) is 8.44. The summed E-state index contributed by atoms with van der Waals surface area (Å²) in [4.78, 5) is 79.9. The molecule has 0 bridgehead atoms. The predicted octanol–water partition coefficient (Wildman–Crippen LogP) is 6.42. The van der Waals surface area contributed by atoms with E-state index in [1.54, 1.807) is 0 Å². The van der Waals surface area contributed by atoms with Crippen LogP contribution in [0.25, 0.3) is 0 Å². The summed E-state index contributed by atoms with van der Waals surface area (Å²) in [6.07, 6.45) is 1.22. The van der Waals surface area contributed by atoms with Crippen LogP contribution < -0.4 is 30.2 Å². The number of aliphatic imine (C=N–C) groups is 3. The fourth-order valence-electron chi connectivity index (χ4n) is 3.59. The molecule has 0 fully saturated rings. The molecule has 0 saturated carbocycles. The van der Waals surface area contributed by atoms with Gasteiger partial charge in [-0.3, -0.25) is 16.0 Å². The minimum atomic E-state index is -0.987. The number of hydrogen-bond donors (Lipinski definition) is 3. The number of anilines is 3. The van der Waals surface area contributed by atoms with E-state index in [9.17, 15) is 28.8 Å². The van der Waals surface area contributed by atoms with E-state index in [1.165, 1.54) is 109 Å². The van der Waals surface area contributed by atoms with Crippen molar-refractivity contribution in [2.75, 3.05) is 16.0 Å². The highest BCUT2D eigenvalue weighted by atomic mass is 16.6. The van der Waals surface area contributed by atoms with Crippen molar-refractivity contribution in [1.82, 2.24) is 0 Å². The van der Waals surface area contributed by atoms with E-state index in [0.717, 1.165) is 0 Å². The molecule has 0 saturated heterocycles. The quantitative estimate of drug-likeness (QED) is 0.142. The topological polar surface area (TPSA) is 203 Å². The smallest absolute Gasteiger partial charge is 0.410 e. The van der Waals surface area contributed by atoms with Crippen molar-refractivity contribution < 1.29 is 43.0 Å². The van der Waals surface area contributed by atoms with Gasteiger partial charge in [-0.25, -0.2) is 28.8 Å². The number of nitrogens with zero attached hydrogens (tertiary/aromatic N) is 3. The van der Waals surface area contributed by atoms with Gasteiger partial charge in [-0.05, 0) is 54.6 Å². The molecular weight excluding hydrogens is 588 g/mol. The molecule has 0 aliphatic heterocycles. The van der Waals surface area contributed by atoms with Gasteiger partial charge in [0.2, 0.25) is 18.2 Å². The number of carbonyl (C=O) groups is 3. The lowest BCUT2D eigenvalue weighted by atomic mass is 10.3. The molecule has 4 rings (SSSR count). The zero-order chi connectivity index (χ0) is 32.0. The maximum atomic E-state index is 12.6. The minimum absolute atomic E-state index is 0.202. The van der Waals surface area contributed by atoms with Crippen molar-refractivity contribution in [3.05, 3.63) is 91.0 Å². The van der Waals surface area contributed by atoms with E-state index in [4.69, 9.17) is 14.2 Å². The molecule has 15 heteroatoms. The number of hydrogen-bond acceptors (Lipinski definition) is 12. The summed E-state index contributed by atoms with van der Waals surface area (Å²) in [5.41, 5.74) is 1.41. The Balaban J connectivity index is 1.53. The zero-order valence-electron chi connectivity index (χ0n) is 22.7. The van der Waals surface area contributed by atoms with Crippen molar-refractivity contribution in [2.45, 2.75) is 0 Å². The van der Waals surface area contributed by atoms with E-state index in [-0.39, 0.29) is 51.4 Å². The van der Waals surface area contributed by atoms with E-state index >= 15 is 0 Å². The first kappa shape index (κ1) is 30.8. The SMILES string of the molecule is O=C=Nc1cccc(NC(=O)Oc2cc(OC(=O)Nc3cccc(N=C=O)c3)cc(OC(=O)Nc3cccc(N=C=O)c3)c2)c1. The highest BCUT2D eigenvalue weighted by Gasteiger charge is 2.15. The van der Waals surface area contributed by atoms with E-state index in [2.05, 4.69) is 30.9 Å².